The number of nitrogens with one attached hydrogen (secondary N) is 2. The Bertz CT molecular complexity index is 1040. The molecule has 2 amide bonds. The zero-order valence-electron chi connectivity index (χ0n) is 18.7. The molecule has 0 heterocycles. The van der Waals surface area contributed by atoms with E-state index in [4.69, 9.17) is 0 Å². The lowest BCUT2D eigenvalue weighted by molar-refractivity contribution is -0.117. The molecule has 0 radical (unpaired) electrons. The van der Waals surface area contributed by atoms with E-state index < -0.39 is 22.0 Å². The van der Waals surface area contributed by atoms with Gasteiger partial charge in [0.2, 0.25) is 15.9 Å². The van der Waals surface area contributed by atoms with Crippen LogP contribution in [0.1, 0.15) is 49.5 Å². The maximum atomic E-state index is 13.2. The Hall–Kier alpha value is -2.87. The van der Waals surface area contributed by atoms with E-state index in [9.17, 15) is 18.0 Å². The minimum atomic E-state index is -3.74. The van der Waals surface area contributed by atoms with Crippen LogP contribution in [-0.2, 0) is 14.8 Å². The lowest BCUT2D eigenvalue weighted by Crippen LogP contribution is -2.47. The number of nitrogens with zero attached hydrogens (tertiary/aromatic N) is 1. The topological polar surface area (TPSA) is 95.6 Å². The molecule has 0 aromatic heterocycles. The number of sulfonamides is 1. The summed E-state index contributed by atoms with van der Waals surface area (Å²) in [5.74, 6) is -0.796. The number of hydrogen-bond donors (Lipinski definition) is 2. The van der Waals surface area contributed by atoms with E-state index >= 15 is 0 Å². The Morgan fingerprint density at radius 3 is 2.29 bits per heavy atom. The summed E-state index contributed by atoms with van der Waals surface area (Å²) in [6.07, 6.45) is 2.12. The molecule has 0 saturated heterocycles. The van der Waals surface area contributed by atoms with Crippen LogP contribution in [0.3, 0.4) is 0 Å². The van der Waals surface area contributed by atoms with Crippen LogP contribution in [0.4, 0.5) is 11.4 Å². The Balaban J connectivity index is 2.37. The van der Waals surface area contributed by atoms with Gasteiger partial charge in [0, 0.05) is 6.04 Å². The fourth-order valence-corrected chi connectivity index (χ4v) is 4.44. The van der Waals surface area contributed by atoms with E-state index in [0.717, 1.165) is 22.5 Å². The van der Waals surface area contributed by atoms with Gasteiger partial charge in [-0.25, -0.2) is 8.42 Å². The minimum absolute atomic E-state index is 0.0123. The first-order valence-corrected chi connectivity index (χ1v) is 12.2. The predicted molar refractivity (Wildman–Crippen MR) is 125 cm³/mol. The number of rotatable bonds is 9. The molecular formula is C23H31N3O4S. The van der Waals surface area contributed by atoms with Crippen LogP contribution < -0.4 is 14.9 Å². The van der Waals surface area contributed by atoms with Gasteiger partial charge in [0.25, 0.3) is 5.91 Å². The van der Waals surface area contributed by atoms with Gasteiger partial charge in [-0.2, -0.15) is 0 Å². The molecule has 0 aliphatic rings. The zero-order chi connectivity index (χ0) is 23.2. The van der Waals surface area contributed by atoms with Crippen LogP contribution in [0.2, 0.25) is 0 Å². The summed E-state index contributed by atoms with van der Waals surface area (Å²) >= 11 is 0. The SMILES string of the molecule is CC[C@H](C(=O)Nc1ccccc1C(=O)N[C@@H](C)CC)N(c1cccc(C)c1)S(C)(=O)=O. The molecule has 0 unspecified atom stereocenters. The smallest absolute Gasteiger partial charge is 0.253 e. The summed E-state index contributed by atoms with van der Waals surface area (Å²) in [5, 5.41) is 5.65. The molecule has 2 aromatic rings. The second-order valence-electron chi connectivity index (χ2n) is 7.64. The molecule has 2 N–H and O–H groups in total. The van der Waals surface area contributed by atoms with Crippen LogP contribution in [0.5, 0.6) is 0 Å². The van der Waals surface area contributed by atoms with E-state index in [2.05, 4.69) is 10.6 Å². The number of para-hydroxylation sites is 1. The molecule has 7 nitrogen and oxygen atoms in total. The molecule has 0 aliphatic heterocycles. The molecule has 0 aliphatic carbocycles. The quantitative estimate of drug-likeness (QED) is 0.615. The van der Waals surface area contributed by atoms with Crippen molar-refractivity contribution < 1.29 is 18.0 Å². The number of aryl methyl sites for hydroxylation is 1. The maximum absolute atomic E-state index is 13.2. The monoisotopic (exact) mass is 445 g/mol. The number of amides is 2. The lowest BCUT2D eigenvalue weighted by atomic mass is 10.1. The summed E-state index contributed by atoms with van der Waals surface area (Å²) in [6, 6.07) is 12.7. The fraction of sp³-hybridized carbons (Fsp3) is 0.391. The Morgan fingerprint density at radius 1 is 1.03 bits per heavy atom. The highest BCUT2D eigenvalue weighted by molar-refractivity contribution is 7.92. The molecule has 168 valence electrons. The average Bonchev–Trinajstić information content (AvgIpc) is 2.70. The van der Waals surface area contributed by atoms with Crippen LogP contribution in [0.25, 0.3) is 0 Å². The average molecular weight is 446 g/mol. The zero-order valence-corrected chi connectivity index (χ0v) is 19.5. The summed E-state index contributed by atoms with van der Waals surface area (Å²) in [5.41, 5.74) is 1.97. The van der Waals surface area contributed by atoms with Crippen LogP contribution in [-0.4, -0.2) is 38.6 Å². The normalized spacial score (nSPS) is 13.2. The largest absolute Gasteiger partial charge is 0.350 e. The highest BCUT2D eigenvalue weighted by Crippen LogP contribution is 2.25. The molecule has 0 bridgehead atoms. The Labute approximate surface area is 184 Å². The molecule has 2 rings (SSSR count). The first-order chi connectivity index (χ1) is 14.6. The second-order valence-corrected chi connectivity index (χ2v) is 9.50. The van der Waals surface area contributed by atoms with E-state index in [1.54, 1.807) is 49.4 Å². The Morgan fingerprint density at radius 2 is 1.71 bits per heavy atom. The van der Waals surface area contributed by atoms with E-state index in [-0.39, 0.29) is 18.4 Å². The first-order valence-electron chi connectivity index (χ1n) is 10.3. The first kappa shape index (κ1) is 24.4. The van der Waals surface area contributed by atoms with Crippen molar-refractivity contribution in [2.75, 3.05) is 15.9 Å². The maximum Gasteiger partial charge on any atom is 0.253 e. The van der Waals surface area contributed by atoms with Crippen LogP contribution >= 0.6 is 0 Å². The highest BCUT2D eigenvalue weighted by Gasteiger charge is 2.32. The van der Waals surface area contributed by atoms with Gasteiger partial charge in [0.1, 0.15) is 6.04 Å². The third kappa shape index (κ3) is 6.30. The van der Waals surface area contributed by atoms with Gasteiger partial charge >= 0.3 is 0 Å². The van der Waals surface area contributed by atoms with E-state index in [0.29, 0.717) is 16.9 Å². The van der Waals surface area contributed by atoms with Gasteiger partial charge in [-0.1, -0.05) is 38.1 Å². The second kappa shape index (κ2) is 10.4. The van der Waals surface area contributed by atoms with Crippen molar-refractivity contribution >= 4 is 33.2 Å². The van der Waals surface area contributed by atoms with Crippen molar-refractivity contribution in [1.82, 2.24) is 5.32 Å². The van der Waals surface area contributed by atoms with Gasteiger partial charge < -0.3 is 10.6 Å². The van der Waals surface area contributed by atoms with Gasteiger partial charge in [0.15, 0.2) is 0 Å². The van der Waals surface area contributed by atoms with E-state index in [1.807, 2.05) is 26.8 Å². The van der Waals surface area contributed by atoms with Crippen LogP contribution in [0, 0.1) is 6.92 Å². The van der Waals surface area contributed by atoms with Crippen molar-refractivity contribution in [3.8, 4) is 0 Å². The molecule has 0 spiro atoms. The van der Waals surface area contributed by atoms with Gasteiger partial charge in [-0.15, -0.1) is 0 Å². The highest BCUT2D eigenvalue weighted by atomic mass is 32.2. The minimum Gasteiger partial charge on any atom is -0.350 e. The standard InChI is InChI=1S/C23H31N3O4S/c1-6-17(4)24-22(27)19-13-8-9-14-20(19)25-23(28)21(7-2)26(31(5,29)30)18-12-10-11-16(3)15-18/h8-15,17,21H,6-7H2,1-5H3,(H,24,27)(H,25,28)/t17-,21+/m0/s1. The molecule has 2 aromatic carbocycles. The summed E-state index contributed by atoms with van der Waals surface area (Å²) in [4.78, 5) is 25.8. The Kier molecular flexibility index (Phi) is 8.21. The predicted octanol–water partition coefficient (Wildman–Crippen LogP) is 3.71. The third-order valence-electron chi connectivity index (χ3n) is 5.01. The lowest BCUT2D eigenvalue weighted by Gasteiger charge is -2.30. The molecule has 31 heavy (non-hydrogen) atoms. The van der Waals surface area contributed by atoms with Crippen molar-refractivity contribution in [1.29, 1.82) is 0 Å². The van der Waals surface area contributed by atoms with Crippen molar-refractivity contribution in [3.63, 3.8) is 0 Å². The third-order valence-corrected chi connectivity index (χ3v) is 6.19. The molecule has 8 heteroatoms. The molecular weight excluding hydrogens is 414 g/mol. The van der Waals surface area contributed by atoms with Crippen molar-refractivity contribution in [3.05, 3.63) is 59.7 Å². The van der Waals surface area contributed by atoms with Crippen molar-refractivity contribution in [2.24, 2.45) is 0 Å². The number of hydrogen-bond acceptors (Lipinski definition) is 4. The van der Waals surface area contributed by atoms with Gasteiger partial charge in [-0.3, -0.25) is 13.9 Å². The van der Waals surface area contributed by atoms with Gasteiger partial charge in [0.05, 0.1) is 23.2 Å². The molecule has 2 atom stereocenters. The summed E-state index contributed by atoms with van der Waals surface area (Å²) in [7, 11) is -3.74. The summed E-state index contributed by atoms with van der Waals surface area (Å²) in [6.45, 7) is 7.48. The van der Waals surface area contributed by atoms with Crippen LogP contribution in [0.15, 0.2) is 48.5 Å². The molecule has 0 fully saturated rings. The number of benzene rings is 2. The number of carbonyl (C=O) groups is 2. The number of anilines is 2. The van der Waals surface area contributed by atoms with Crippen molar-refractivity contribution in [2.45, 2.75) is 52.6 Å². The fourth-order valence-electron chi connectivity index (χ4n) is 3.24. The molecule has 0 saturated carbocycles. The van der Waals surface area contributed by atoms with E-state index in [1.165, 1.54) is 0 Å². The van der Waals surface area contributed by atoms with Gasteiger partial charge in [-0.05, 0) is 56.5 Å². The summed E-state index contributed by atoms with van der Waals surface area (Å²) < 4.78 is 26.4. The number of carbonyl (C=O) groups excluding carboxylic acids is 2.